The molecule has 5 rings (SSSR count). The average Bonchev–Trinajstić information content (AvgIpc) is 3.13. The molecule has 6 heteroatoms. The Balaban J connectivity index is 1.45. The summed E-state index contributed by atoms with van der Waals surface area (Å²) in [7, 11) is 0. The minimum atomic E-state index is -0.467. The quantitative estimate of drug-likeness (QED) is 0.0581. The number of rotatable bonds is 17. The van der Waals surface area contributed by atoms with Crippen LogP contribution in [0, 0.1) is 0 Å². The Bertz CT molecular complexity index is 1690. The van der Waals surface area contributed by atoms with E-state index in [4.69, 9.17) is 23.7 Å². The number of ether oxygens (including phenoxy) is 5. The highest BCUT2D eigenvalue weighted by Gasteiger charge is 2.19. The molecule has 0 saturated heterocycles. The first-order chi connectivity index (χ1) is 23.1. The highest BCUT2D eigenvalue weighted by molar-refractivity contribution is 6.07. The molecule has 0 atom stereocenters. The first-order valence-electron chi connectivity index (χ1n) is 15.9. The van der Waals surface area contributed by atoms with Gasteiger partial charge in [-0.05, 0) is 54.8 Å². The van der Waals surface area contributed by atoms with E-state index >= 15 is 0 Å². The Kier molecular flexibility index (Phi) is 12.4. The Morgan fingerprint density at radius 3 is 1.57 bits per heavy atom. The van der Waals surface area contributed by atoms with Crippen molar-refractivity contribution in [2.24, 2.45) is 0 Å². The largest absolute Gasteiger partial charge is 0.485 e. The molecule has 0 amide bonds. The molecule has 0 radical (unpaired) electrons. The van der Waals surface area contributed by atoms with Gasteiger partial charge in [-0.3, -0.25) is 4.79 Å². The monoisotopic (exact) mass is 628 g/mol. The lowest BCUT2D eigenvalue weighted by Gasteiger charge is -2.19. The molecule has 0 saturated carbocycles. The number of allylic oxidation sites excluding steroid dienone is 1. The zero-order valence-electron chi connectivity index (χ0n) is 26.8. The van der Waals surface area contributed by atoms with Crippen molar-refractivity contribution in [2.75, 3.05) is 13.2 Å². The summed E-state index contributed by atoms with van der Waals surface area (Å²) in [6.07, 6.45) is 2.84. The summed E-state index contributed by atoms with van der Waals surface area (Å²) < 4.78 is 30.6. The van der Waals surface area contributed by atoms with E-state index in [0.717, 1.165) is 22.3 Å². The van der Waals surface area contributed by atoms with Crippen molar-refractivity contribution >= 4 is 11.9 Å². The molecule has 240 valence electrons. The van der Waals surface area contributed by atoms with Gasteiger partial charge in [-0.15, -0.1) is 0 Å². The van der Waals surface area contributed by atoms with Gasteiger partial charge in [0, 0.05) is 29.9 Å². The predicted octanol–water partition coefficient (Wildman–Crippen LogP) is 9.39. The van der Waals surface area contributed by atoms with Crippen molar-refractivity contribution in [3.05, 3.63) is 167 Å². The lowest BCUT2D eigenvalue weighted by Crippen LogP contribution is -2.09. The molecule has 0 spiro atoms. The zero-order valence-corrected chi connectivity index (χ0v) is 26.8. The molecule has 0 N–H and O–H groups in total. The van der Waals surface area contributed by atoms with Gasteiger partial charge in [0.25, 0.3) is 0 Å². The minimum Gasteiger partial charge on any atom is -0.485 e. The fourth-order valence-electron chi connectivity index (χ4n) is 4.89. The number of hydrogen-bond acceptors (Lipinski definition) is 6. The van der Waals surface area contributed by atoms with Crippen molar-refractivity contribution in [3.8, 4) is 17.2 Å². The van der Waals surface area contributed by atoms with Crippen molar-refractivity contribution in [1.29, 1.82) is 0 Å². The number of hydrogen-bond donors (Lipinski definition) is 0. The van der Waals surface area contributed by atoms with E-state index in [1.54, 1.807) is 24.3 Å². The number of benzene rings is 5. The third-order valence-electron chi connectivity index (χ3n) is 7.31. The fraction of sp³-hybridized carbons (Fsp3) is 0.195. The topological polar surface area (TPSA) is 63.2 Å². The van der Waals surface area contributed by atoms with Crippen LogP contribution >= 0.6 is 0 Å². The van der Waals surface area contributed by atoms with Crippen LogP contribution in [0.2, 0.25) is 0 Å². The van der Waals surface area contributed by atoms with Gasteiger partial charge >= 0.3 is 0 Å². The van der Waals surface area contributed by atoms with E-state index in [9.17, 15) is 4.79 Å². The maximum atomic E-state index is 13.3. The van der Waals surface area contributed by atoms with E-state index in [2.05, 4.69) is 0 Å². The Morgan fingerprint density at radius 1 is 0.574 bits per heavy atom. The number of carbonyl (C=O) groups is 1. The van der Waals surface area contributed by atoms with Crippen LogP contribution in [0.4, 0.5) is 0 Å². The summed E-state index contributed by atoms with van der Waals surface area (Å²) in [5, 5.41) is 0. The first-order valence-corrected chi connectivity index (χ1v) is 15.9. The maximum absolute atomic E-state index is 13.3. The molecule has 5 aromatic carbocycles. The maximum Gasteiger partial charge on any atom is 0.204 e. The molecule has 0 bridgehead atoms. The highest BCUT2D eigenvalue weighted by atomic mass is 16.7. The zero-order chi connectivity index (χ0) is 32.7. The lowest BCUT2D eigenvalue weighted by atomic mass is 10.1. The van der Waals surface area contributed by atoms with Crippen LogP contribution in [0.1, 0.15) is 58.3 Å². The normalized spacial score (nSPS) is 11.1. The van der Waals surface area contributed by atoms with Crippen LogP contribution in [0.15, 0.2) is 133 Å². The minimum absolute atomic E-state index is 0.147. The second-order valence-corrected chi connectivity index (χ2v) is 10.7. The molecular weight excluding hydrogens is 588 g/mol. The van der Waals surface area contributed by atoms with Crippen LogP contribution in [0.3, 0.4) is 0 Å². The molecule has 0 heterocycles. The number of ketones is 1. The van der Waals surface area contributed by atoms with Gasteiger partial charge < -0.3 is 23.7 Å². The summed E-state index contributed by atoms with van der Waals surface area (Å²) in [5.41, 5.74) is 5.13. The Morgan fingerprint density at radius 2 is 1.06 bits per heavy atom. The summed E-state index contributed by atoms with van der Waals surface area (Å²) in [4.78, 5) is 13.3. The van der Waals surface area contributed by atoms with Crippen molar-refractivity contribution in [3.63, 3.8) is 0 Å². The number of carbonyl (C=O) groups excluding carboxylic acids is 1. The van der Waals surface area contributed by atoms with Gasteiger partial charge in [0.05, 0.1) is 0 Å². The highest BCUT2D eigenvalue weighted by Crippen LogP contribution is 2.42. The molecule has 6 nitrogen and oxygen atoms in total. The fourth-order valence-corrected chi connectivity index (χ4v) is 4.89. The smallest absolute Gasteiger partial charge is 0.204 e. The molecule has 0 aliphatic heterocycles. The second-order valence-electron chi connectivity index (χ2n) is 10.7. The van der Waals surface area contributed by atoms with Crippen LogP contribution in [0.5, 0.6) is 17.2 Å². The Hall–Kier alpha value is -5.17. The van der Waals surface area contributed by atoms with Gasteiger partial charge in [-0.2, -0.15) is 0 Å². The summed E-state index contributed by atoms with van der Waals surface area (Å²) in [6.45, 7) is 5.87. The standard InChI is InChI=1S/C41H40O6/c1-3-43-41(44-4-2)36-22-20-34(21-23-36)37(42)26-24-35-25-27-38(45-28-31-14-8-5-9-15-31)40(47-30-33-18-12-7-13-19-33)39(35)46-29-32-16-10-6-11-17-32/h5-27,41H,3-4,28-30H2,1-2H3/b26-24+. The van der Waals surface area contributed by atoms with Crippen molar-refractivity contribution in [2.45, 2.75) is 40.0 Å². The van der Waals surface area contributed by atoms with Crippen LogP contribution in [-0.4, -0.2) is 19.0 Å². The predicted molar refractivity (Wildman–Crippen MR) is 185 cm³/mol. The van der Waals surface area contributed by atoms with Crippen molar-refractivity contribution in [1.82, 2.24) is 0 Å². The van der Waals surface area contributed by atoms with E-state index in [1.165, 1.54) is 0 Å². The molecule has 5 aromatic rings. The van der Waals surface area contributed by atoms with E-state index in [1.807, 2.05) is 129 Å². The molecule has 0 aliphatic rings. The third kappa shape index (κ3) is 9.66. The molecule has 0 fully saturated rings. The van der Waals surface area contributed by atoms with Gasteiger partial charge in [0.15, 0.2) is 23.6 Å². The molecule has 0 unspecified atom stereocenters. The lowest BCUT2D eigenvalue weighted by molar-refractivity contribution is -0.140. The van der Waals surface area contributed by atoms with Gasteiger partial charge in [0.2, 0.25) is 5.75 Å². The molecule has 47 heavy (non-hydrogen) atoms. The summed E-state index contributed by atoms with van der Waals surface area (Å²) >= 11 is 0. The SMILES string of the molecule is CCOC(OCC)c1ccc(C(=O)/C=C/c2ccc(OCc3ccccc3)c(OCc3ccccc3)c2OCc2ccccc2)cc1. The van der Waals surface area contributed by atoms with Gasteiger partial charge in [0.1, 0.15) is 19.8 Å². The first kappa shape index (κ1) is 33.2. The van der Waals surface area contributed by atoms with E-state index in [-0.39, 0.29) is 5.78 Å². The van der Waals surface area contributed by atoms with Crippen LogP contribution in [0.25, 0.3) is 6.08 Å². The van der Waals surface area contributed by atoms with Crippen LogP contribution < -0.4 is 14.2 Å². The van der Waals surface area contributed by atoms with E-state index < -0.39 is 6.29 Å². The Labute approximate surface area is 277 Å². The second kappa shape index (κ2) is 17.5. The van der Waals surface area contributed by atoms with Gasteiger partial charge in [-0.25, -0.2) is 0 Å². The van der Waals surface area contributed by atoms with Gasteiger partial charge in [-0.1, -0.05) is 115 Å². The van der Waals surface area contributed by atoms with Crippen LogP contribution in [-0.2, 0) is 29.3 Å². The molecular formula is C41H40O6. The third-order valence-corrected chi connectivity index (χ3v) is 7.31. The van der Waals surface area contributed by atoms with E-state index in [0.29, 0.717) is 61.4 Å². The molecule has 0 aromatic heterocycles. The summed E-state index contributed by atoms with van der Waals surface area (Å²) in [5.74, 6) is 1.36. The summed E-state index contributed by atoms with van der Waals surface area (Å²) in [6, 6.07) is 40.9. The average molecular weight is 629 g/mol. The van der Waals surface area contributed by atoms with Crippen molar-refractivity contribution < 1.29 is 28.5 Å². The molecule has 0 aliphatic carbocycles.